The predicted octanol–water partition coefficient (Wildman–Crippen LogP) is 3.66. The van der Waals surface area contributed by atoms with Gasteiger partial charge in [0.15, 0.2) is 0 Å². The van der Waals surface area contributed by atoms with E-state index >= 15 is 0 Å². The first kappa shape index (κ1) is 17.5. The van der Waals surface area contributed by atoms with Crippen molar-refractivity contribution >= 4 is 28.1 Å². The monoisotopic (exact) mass is 411 g/mol. The number of aromatic amines is 1. The van der Waals surface area contributed by atoms with Gasteiger partial charge in [-0.2, -0.15) is 10.4 Å². The molecule has 0 aliphatic carbocycles. The summed E-state index contributed by atoms with van der Waals surface area (Å²) in [5, 5.41) is 13.2. The molecular formula is C18H11BrFN5O. The van der Waals surface area contributed by atoms with E-state index in [1.807, 2.05) is 12.1 Å². The second-order valence-electron chi connectivity index (χ2n) is 5.16. The van der Waals surface area contributed by atoms with Crippen molar-refractivity contribution in [2.45, 2.75) is 0 Å². The second-order valence-corrected chi connectivity index (χ2v) is 6.01. The summed E-state index contributed by atoms with van der Waals surface area (Å²) in [6.45, 7) is 0. The Morgan fingerprint density at radius 3 is 2.73 bits per heavy atom. The molecule has 0 aliphatic heterocycles. The Hall–Kier alpha value is -3.31. The van der Waals surface area contributed by atoms with E-state index in [-0.39, 0.29) is 17.2 Å². The lowest BCUT2D eigenvalue weighted by Crippen LogP contribution is -2.16. The largest absolute Gasteiger partial charge is 0.290 e. The van der Waals surface area contributed by atoms with Crippen LogP contribution in [0.25, 0.3) is 11.3 Å². The van der Waals surface area contributed by atoms with Gasteiger partial charge in [-0.25, -0.2) is 14.8 Å². The predicted molar refractivity (Wildman–Crippen MR) is 100 cm³/mol. The summed E-state index contributed by atoms with van der Waals surface area (Å²) in [7, 11) is 0. The number of anilines is 1. The van der Waals surface area contributed by atoms with Gasteiger partial charge in [-0.05, 0) is 33.6 Å². The van der Waals surface area contributed by atoms with Crippen LogP contribution in [-0.2, 0) is 0 Å². The van der Waals surface area contributed by atoms with Crippen LogP contribution in [0.2, 0.25) is 0 Å². The lowest BCUT2D eigenvalue weighted by atomic mass is 10.1. The van der Waals surface area contributed by atoms with Crippen molar-refractivity contribution in [1.29, 1.82) is 5.26 Å². The standard InChI is InChI=1S/C18H11BrFN5O/c19-14-7-6-11(8-15(14)20)10-22-25-18-23-16(12-4-2-1-3-5-12)13(9-21)17(26)24-18/h1-8,10H,(H2,23,24,25,26). The summed E-state index contributed by atoms with van der Waals surface area (Å²) in [5.41, 5.74) is 3.35. The molecule has 0 atom stereocenters. The Morgan fingerprint density at radius 2 is 2.04 bits per heavy atom. The molecule has 3 aromatic rings. The van der Waals surface area contributed by atoms with Crippen LogP contribution in [0.5, 0.6) is 0 Å². The Kier molecular flexibility index (Phi) is 5.20. The van der Waals surface area contributed by atoms with E-state index in [4.69, 9.17) is 0 Å². The number of hydrogen-bond donors (Lipinski definition) is 2. The number of aromatic nitrogens is 2. The van der Waals surface area contributed by atoms with Crippen molar-refractivity contribution in [3.05, 3.63) is 80.3 Å². The molecule has 3 rings (SSSR count). The average Bonchev–Trinajstić information content (AvgIpc) is 2.65. The summed E-state index contributed by atoms with van der Waals surface area (Å²) in [6, 6.07) is 15.3. The number of hydrazone groups is 1. The van der Waals surface area contributed by atoms with Crippen LogP contribution in [0.4, 0.5) is 10.3 Å². The molecule has 2 aromatic carbocycles. The Balaban J connectivity index is 1.90. The van der Waals surface area contributed by atoms with Gasteiger partial charge in [0.2, 0.25) is 5.95 Å². The van der Waals surface area contributed by atoms with E-state index in [0.717, 1.165) is 0 Å². The van der Waals surface area contributed by atoms with Crippen molar-refractivity contribution in [1.82, 2.24) is 9.97 Å². The Morgan fingerprint density at radius 1 is 1.27 bits per heavy atom. The highest BCUT2D eigenvalue weighted by Crippen LogP contribution is 2.19. The normalized spacial score (nSPS) is 10.7. The van der Waals surface area contributed by atoms with Gasteiger partial charge >= 0.3 is 0 Å². The summed E-state index contributed by atoms with van der Waals surface area (Å²) >= 11 is 3.07. The minimum atomic E-state index is -0.575. The molecule has 0 amide bonds. The van der Waals surface area contributed by atoms with Gasteiger partial charge in [-0.3, -0.25) is 9.78 Å². The van der Waals surface area contributed by atoms with Gasteiger partial charge in [0.05, 0.1) is 16.4 Å². The van der Waals surface area contributed by atoms with Gasteiger partial charge in [0.25, 0.3) is 5.56 Å². The summed E-state index contributed by atoms with van der Waals surface area (Å²) < 4.78 is 13.8. The van der Waals surface area contributed by atoms with Crippen molar-refractivity contribution < 1.29 is 4.39 Å². The average molecular weight is 412 g/mol. The first-order chi connectivity index (χ1) is 12.6. The van der Waals surface area contributed by atoms with Gasteiger partial charge < -0.3 is 0 Å². The van der Waals surface area contributed by atoms with Crippen LogP contribution in [0.1, 0.15) is 11.1 Å². The van der Waals surface area contributed by atoms with E-state index in [2.05, 4.69) is 36.4 Å². The fraction of sp³-hybridized carbons (Fsp3) is 0. The third-order valence-corrected chi connectivity index (χ3v) is 4.05. The number of H-pyrrole nitrogens is 1. The van der Waals surface area contributed by atoms with Gasteiger partial charge in [-0.15, -0.1) is 0 Å². The molecule has 128 valence electrons. The summed E-state index contributed by atoms with van der Waals surface area (Å²) in [4.78, 5) is 18.8. The lowest BCUT2D eigenvalue weighted by Gasteiger charge is -2.06. The van der Waals surface area contributed by atoms with E-state index in [1.54, 1.807) is 36.4 Å². The minimum absolute atomic E-state index is 0.0710. The highest BCUT2D eigenvalue weighted by atomic mass is 79.9. The third-order valence-electron chi connectivity index (χ3n) is 3.41. The maximum Gasteiger partial charge on any atom is 0.270 e. The molecule has 1 heterocycles. The van der Waals surface area contributed by atoms with Crippen LogP contribution < -0.4 is 11.0 Å². The number of nitrogens with zero attached hydrogens (tertiary/aromatic N) is 3. The topological polar surface area (TPSA) is 93.9 Å². The third kappa shape index (κ3) is 3.84. The molecule has 2 N–H and O–H groups in total. The van der Waals surface area contributed by atoms with E-state index < -0.39 is 11.4 Å². The number of nitriles is 1. The molecular weight excluding hydrogens is 401 g/mol. The Bertz CT molecular complexity index is 1070. The van der Waals surface area contributed by atoms with Crippen molar-refractivity contribution in [2.75, 3.05) is 5.43 Å². The quantitative estimate of drug-likeness (QED) is 0.505. The smallest absolute Gasteiger partial charge is 0.270 e. The zero-order valence-corrected chi connectivity index (χ0v) is 14.8. The molecule has 0 bridgehead atoms. The maximum atomic E-state index is 13.5. The molecule has 0 aliphatic rings. The summed E-state index contributed by atoms with van der Waals surface area (Å²) in [6.07, 6.45) is 1.38. The molecule has 0 saturated carbocycles. The number of halogens is 2. The van der Waals surface area contributed by atoms with Crippen LogP contribution >= 0.6 is 15.9 Å². The van der Waals surface area contributed by atoms with Crippen LogP contribution in [0.3, 0.4) is 0 Å². The molecule has 0 spiro atoms. The molecule has 8 heteroatoms. The van der Waals surface area contributed by atoms with Crippen LogP contribution in [0, 0.1) is 17.1 Å². The number of nitrogens with one attached hydrogen (secondary N) is 2. The number of rotatable bonds is 4. The fourth-order valence-electron chi connectivity index (χ4n) is 2.20. The van der Waals surface area contributed by atoms with Crippen molar-refractivity contribution in [3.8, 4) is 17.3 Å². The number of hydrogen-bond acceptors (Lipinski definition) is 5. The zero-order valence-electron chi connectivity index (χ0n) is 13.2. The summed E-state index contributed by atoms with van der Waals surface area (Å²) in [5.74, 6) is -0.341. The van der Waals surface area contributed by atoms with Gasteiger partial charge in [0, 0.05) is 5.56 Å². The lowest BCUT2D eigenvalue weighted by molar-refractivity contribution is 0.621. The highest BCUT2D eigenvalue weighted by molar-refractivity contribution is 9.10. The van der Waals surface area contributed by atoms with E-state index in [0.29, 0.717) is 15.6 Å². The van der Waals surface area contributed by atoms with E-state index in [9.17, 15) is 14.4 Å². The van der Waals surface area contributed by atoms with Crippen LogP contribution in [0.15, 0.2) is 62.9 Å². The Labute approximate surface area is 156 Å². The van der Waals surface area contributed by atoms with Crippen molar-refractivity contribution in [2.24, 2.45) is 5.10 Å². The van der Waals surface area contributed by atoms with Crippen molar-refractivity contribution in [3.63, 3.8) is 0 Å². The zero-order chi connectivity index (χ0) is 18.5. The first-order valence-corrected chi connectivity index (χ1v) is 8.22. The minimum Gasteiger partial charge on any atom is -0.290 e. The molecule has 0 unspecified atom stereocenters. The number of benzene rings is 2. The highest BCUT2D eigenvalue weighted by Gasteiger charge is 2.12. The molecule has 0 radical (unpaired) electrons. The van der Waals surface area contributed by atoms with Gasteiger partial charge in [0.1, 0.15) is 17.4 Å². The van der Waals surface area contributed by atoms with Gasteiger partial charge in [-0.1, -0.05) is 36.4 Å². The first-order valence-electron chi connectivity index (χ1n) is 7.42. The maximum absolute atomic E-state index is 13.5. The second kappa shape index (κ2) is 7.72. The molecule has 0 saturated heterocycles. The molecule has 26 heavy (non-hydrogen) atoms. The fourth-order valence-corrected chi connectivity index (χ4v) is 2.44. The SMILES string of the molecule is N#Cc1c(-c2ccccc2)nc(NN=Cc2ccc(Br)c(F)c2)[nH]c1=O. The molecule has 1 aromatic heterocycles. The van der Waals surface area contributed by atoms with Crippen LogP contribution in [-0.4, -0.2) is 16.2 Å². The molecule has 6 nitrogen and oxygen atoms in total. The molecule has 0 fully saturated rings. The van der Waals surface area contributed by atoms with E-state index in [1.165, 1.54) is 12.3 Å².